The van der Waals surface area contributed by atoms with E-state index in [1.54, 1.807) is 35.8 Å². The summed E-state index contributed by atoms with van der Waals surface area (Å²) in [6.07, 6.45) is 5.25. The Balaban J connectivity index is 1.33. The van der Waals surface area contributed by atoms with Crippen molar-refractivity contribution >= 4 is 11.3 Å². The zero-order valence-electron chi connectivity index (χ0n) is 18.3. The van der Waals surface area contributed by atoms with Crippen molar-refractivity contribution in [3.8, 4) is 11.3 Å². The predicted octanol–water partition coefficient (Wildman–Crippen LogP) is 5.51. The molecular formula is C26H23F3N4. The number of hydrogen-bond acceptors (Lipinski definition) is 3. The van der Waals surface area contributed by atoms with E-state index in [9.17, 15) is 13.2 Å². The summed E-state index contributed by atoms with van der Waals surface area (Å²) in [6.45, 7) is 3.40. The molecule has 4 aromatic rings. The molecule has 1 aliphatic carbocycles. The molecule has 1 spiro atoms. The summed E-state index contributed by atoms with van der Waals surface area (Å²) in [7, 11) is 0. The Hall–Kier alpha value is -3.35. The van der Waals surface area contributed by atoms with Crippen molar-refractivity contribution in [2.75, 3.05) is 18.0 Å². The smallest absolute Gasteiger partial charge is 0.168 e. The van der Waals surface area contributed by atoms with Crippen molar-refractivity contribution in [3.63, 3.8) is 0 Å². The van der Waals surface area contributed by atoms with Crippen LogP contribution in [0.25, 0.3) is 16.8 Å². The molecule has 6 rings (SSSR count). The predicted molar refractivity (Wildman–Crippen MR) is 121 cm³/mol. The second-order valence-corrected chi connectivity index (χ2v) is 9.32. The SMILES string of the molecule is Cc1nc(N2CCC3(CC2)Cc2cccc(F)c2C3)c2ccnn2c1-c1cccc(F)c1F. The van der Waals surface area contributed by atoms with Gasteiger partial charge in [-0.3, -0.25) is 0 Å². The van der Waals surface area contributed by atoms with E-state index in [1.807, 2.05) is 12.1 Å². The fourth-order valence-electron chi connectivity index (χ4n) is 5.66. The Morgan fingerprint density at radius 3 is 2.45 bits per heavy atom. The first-order valence-corrected chi connectivity index (χ1v) is 11.3. The standard InChI is InChI=1S/C26H23F3N4/c1-16-24(18-5-3-7-21(28)23(18)29)33-22(8-11-30-33)25(31-16)32-12-9-26(10-13-32)14-17-4-2-6-20(27)19(17)15-26/h2-8,11H,9-10,12-15H2,1H3. The van der Waals surface area contributed by atoms with Gasteiger partial charge in [-0.1, -0.05) is 18.2 Å². The highest BCUT2D eigenvalue weighted by Gasteiger charge is 2.41. The molecule has 7 heteroatoms. The molecule has 0 N–H and O–H groups in total. The molecule has 0 atom stereocenters. The first kappa shape index (κ1) is 20.3. The van der Waals surface area contributed by atoms with E-state index in [1.165, 1.54) is 6.07 Å². The molecule has 3 heterocycles. The van der Waals surface area contributed by atoms with E-state index in [4.69, 9.17) is 4.98 Å². The zero-order chi connectivity index (χ0) is 22.7. The summed E-state index contributed by atoms with van der Waals surface area (Å²) in [6, 6.07) is 11.4. The van der Waals surface area contributed by atoms with Gasteiger partial charge in [0.2, 0.25) is 0 Å². The molecule has 0 radical (unpaired) electrons. The molecule has 0 unspecified atom stereocenters. The number of piperidine rings is 1. The van der Waals surface area contributed by atoms with Gasteiger partial charge in [0.1, 0.15) is 11.3 Å². The van der Waals surface area contributed by atoms with Crippen molar-refractivity contribution in [1.29, 1.82) is 0 Å². The molecule has 1 aliphatic heterocycles. The van der Waals surface area contributed by atoms with Crippen LogP contribution in [0, 0.1) is 29.8 Å². The van der Waals surface area contributed by atoms with Crippen LogP contribution in [0.4, 0.5) is 19.0 Å². The maximum absolute atomic E-state index is 14.6. The first-order valence-electron chi connectivity index (χ1n) is 11.3. The summed E-state index contributed by atoms with van der Waals surface area (Å²) >= 11 is 0. The molecule has 2 aromatic heterocycles. The number of aromatic nitrogens is 3. The minimum Gasteiger partial charge on any atom is -0.355 e. The number of aryl methyl sites for hydroxylation is 1. The topological polar surface area (TPSA) is 33.4 Å². The van der Waals surface area contributed by atoms with Crippen LogP contribution in [0.15, 0.2) is 48.7 Å². The lowest BCUT2D eigenvalue weighted by Crippen LogP contribution is -2.41. The van der Waals surface area contributed by atoms with E-state index >= 15 is 0 Å². The van der Waals surface area contributed by atoms with Gasteiger partial charge in [-0.05, 0) is 73.4 Å². The quantitative estimate of drug-likeness (QED) is 0.406. The third-order valence-corrected chi connectivity index (χ3v) is 7.36. The van der Waals surface area contributed by atoms with E-state index in [0.29, 0.717) is 11.4 Å². The van der Waals surface area contributed by atoms with Gasteiger partial charge in [-0.25, -0.2) is 22.7 Å². The largest absolute Gasteiger partial charge is 0.355 e. The molecule has 2 aliphatic rings. The third-order valence-electron chi connectivity index (χ3n) is 7.36. The summed E-state index contributed by atoms with van der Waals surface area (Å²) in [4.78, 5) is 7.07. The molecule has 4 nitrogen and oxygen atoms in total. The average Bonchev–Trinajstić information content (AvgIpc) is 3.42. The molecular weight excluding hydrogens is 425 g/mol. The molecule has 33 heavy (non-hydrogen) atoms. The summed E-state index contributed by atoms with van der Waals surface area (Å²) in [5, 5.41) is 4.41. The Morgan fingerprint density at radius 1 is 0.909 bits per heavy atom. The second-order valence-electron chi connectivity index (χ2n) is 9.32. The van der Waals surface area contributed by atoms with Gasteiger partial charge in [0.25, 0.3) is 0 Å². The van der Waals surface area contributed by atoms with Crippen LogP contribution in [-0.4, -0.2) is 27.7 Å². The molecule has 0 saturated carbocycles. The van der Waals surface area contributed by atoms with Crippen LogP contribution in [-0.2, 0) is 12.8 Å². The van der Waals surface area contributed by atoms with Crippen molar-refractivity contribution in [3.05, 3.63) is 82.9 Å². The molecule has 2 aromatic carbocycles. The lowest BCUT2D eigenvalue weighted by Gasteiger charge is -2.40. The highest BCUT2D eigenvalue weighted by atomic mass is 19.2. The zero-order valence-corrected chi connectivity index (χ0v) is 18.3. The minimum atomic E-state index is -0.903. The van der Waals surface area contributed by atoms with Gasteiger partial charge < -0.3 is 4.90 Å². The van der Waals surface area contributed by atoms with Crippen molar-refractivity contribution in [1.82, 2.24) is 14.6 Å². The van der Waals surface area contributed by atoms with E-state index in [2.05, 4.69) is 10.00 Å². The normalized spacial score (nSPS) is 17.2. The lowest BCUT2D eigenvalue weighted by molar-refractivity contribution is 0.231. The maximum atomic E-state index is 14.6. The van der Waals surface area contributed by atoms with E-state index in [0.717, 1.165) is 67.3 Å². The van der Waals surface area contributed by atoms with Crippen LogP contribution in [0.5, 0.6) is 0 Å². The van der Waals surface area contributed by atoms with Crippen molar-refractivity contribution in [2.24, 2.45) is 5.41 Å². The molecule has 168 valence electrons. The molecule has 1 saturated heterocycles. The molecule has 0 amide bonds. The van der Waals surface area contributed by atoms with Crippen LogP contribution in [0.2, 0.25) is 0 Å². The minimum absolute atomic E-state index is 0.0924. The molecule has 0 bridgehead atoms. The van der Waals surface area contributed by atoms with Gasteiger partial charge in [0, 0.05) is 18.7 Å². The number of rotatable bonds is 2. The summed E-state index contributed by atoms with van der Waals surface area (Å²) in [5.74, 6) is -1.10. The highest BCUT2D eigenvalue weighted by molar-refractivity contribution is 5.75. The van der Waals surface area contributed by atoms with Crippen LogP contribution >= 0.6 is 0 Å². The highest BCUT2D eigenvalue weighted by Crippen LogP contribution is 2.46. The van der Waals surface area contributed by atoms with Gasteiger partial charge in [0.05, 0.1) is 17.6 Å². The van der Waals surface area contributed by atoms with Crippen LogP contribution in [0.3, 0.4) is 0 Å². The lowest BCUT2D eigenvalue weighted by atomic mass is 9.76. The Labute approximate surface area is 189 Å². The van der Waals surface area contributed by atoms with Gasteiger partial charge in [-0.15, -0.1) is 0 Å². The summed E-state index contributed by atoms with van der Waals surface area (Å²) < 4.78 is 44.4. The van der Waals surface area contributed by atoms with Crippen LogP contribution < -0.4 is 4.90 Å². The van der Waals surface area contributed by atoms with E-state index in [-0.39, 0.29) is 16.8 Å². The van der Waals surface area contributed by atoms with Crippen LogP contribution in [0.1, 0.15) is 29.7 Å². The molecule has 1 fully saturated rings. The van der Waals surface area contributed by atoms with Crippen molar-refractivity contribution < 1.29 is 13.2 Å². The maximum Gasteiger partial charge on any atom is 0.168 e. The number of fused-ring (bicyclic) bond motifs is 2. The Bertz CT molecular complexity index is 1390. The number of anilines is 1. The fourth-order valence-corrected chi connectivity index (χ4v) is 5.66. The first-order chi connectivity index (χ1) is 16.0. The fraction of sp³-hybridized carbons (Fsp3) is 0.308. The Kier molecular flexibility index (Phi) is 4.50. The monoisotopic (exact) mass is 448 g/mol. The van der Waals surface area contributed by atoms with Crippen molar-refractivity contribution in [2.45, 2.75) is 32.6 Å². The van der Waals surface area contributed by atoms with Gasteiger partial charge >= 0.3 is 0 Å². The number of benzene rings is 2. The van der Waals surface area contributed by atoms with Gasteiger partial charge in [-0.2, -0.15) is 5.10 Å². The average molecular weight is 448 g/mol. The second kappa shape index (κ2) is 7.33. The number of nitrogens with zero attached hydrogens (tertiary/aromatic N) is 4. The number of hydrogen-bond donors (Lipinski definition) is 0. The third kappa shape index (κ3) is 3.13. The number of halogens is 3. The summed E-state index contributed by atoms with van der Waals surface area (Å²) in [5.41, 5.74) is 4.04. The van der Waals surface area contributed by atoms with Gasteiger partial charge in [0.15, 0.2) is 17.5 Å². The van der Waals surface area contributed by atoms with E-state index < -0.39 is 11.6 Å². The Morgan fingerprint density at radius 2 is 1.67 bits per heavy atom.